The first kappa shape index (κ1) is 15.6. The van der Waals surface area contributed by atoms with Crippen molar-refractivity contribution < 1.29 is 9.47 Å². The predicted octanol–water partition coefficient (Wildman–Crippen LogP) is 4.62. The fraction of sp³-hybridized carbons (Fsp3) is 0.368. The van der Waals surface area contributed by atoms with Crippen molar-refractivity contribution in [2.24, 2.45) is 0 Å². The number of ether oxygens (including phenoxy) is 2. The van der Waals surface area contributed by atoms with Crippen LogP contribution in [0.25, 0.3) is 0 Å². The Balaban J connectivity index is 1.82. The monoisotopic (exact) mass is 284 g/mol. The molecule has 0 saturated carbocycles. The summed E-state index contributed by atoms with van der Waals surface area (Å²) in [7, 11) is 1.68. The Morgan fingerprint density at radius 3 is 2.14 bits per heavy atom. The molecule has 0 spiro atoms. The molecule has 0 amide bonds. The number of aryl methyl sites for hydroxylation is 1. The summed E-state index contributed by atoms with van der Waals surface area (Å²) < 4.78 is 11.2. The van der Waals surface area contributed by atoms with Crippen LogP contribution in [0.4, 0.5) is 0 Å². The molecule has 0 unspecified atom stereocenters. The van der Waals surface area contributed by atoms with Crippen LogP contribution in [-0.4, -0.2) is 12.7 Å². The summed E-state index contributed by atoms with van der Waals surface area (Å²) in [5, 5.41) is 0. The quantitative estimate of drug-likeness (QED) is 0.738. The van der Waals surface area contributed by atoms with Crippen LogP contribution in [0.1, 0.15) is 31.4 Å². The van der Waals surface area contributed by atoms with Crippen LogP contribution in [0, 0.1) is 0 Å². The Labute approximate surface area is 127 Å². The van der Waals surface area contributed by atoms with Crippen molar-refractivity contribution in [1.82, 2.24) is 0 Å². The highest BCUT2D eigenvalue weighted by Gasteiger charge is 2.18. The molecule has 2 rings (SSSR count). The van der Waals surface area contributed by atoms with Crippen LogP contribution in [0.3, 0.4) is 0 Å². The van der Waals surface area contributed by atoms with E-state index in [2.05, 4.69) is 44.2 Å². The molecule has 0 radical (unpaired) electrons. The number of rotatable bonds is 7. The summed E-state index contributed by atoms with van der Waals surface area (Å²) in [5.74, 6) is 0.877. The molecule has 21 heavy (non-hydrogen) atoms. The molecule has 0 fully saturated rings. The topological polar surface area (TPSA) is 18.5 Å². The standard InChI is InChI=1S/C19H24O2/c1-19(2,14-13-16-7-5-4-6-8-16)21-15-17-9-11-18(20-3)12-10-17/h4-12H,13-15H2,1-3H3. The van der Waals surface area contributed by atoms with Crippen LogP contribution in [0.2, 0.25) is 0 Å². The van der Waals surface area contributed by atoms with Crippen molar-refractivity contribution in [3.63, 3.8) is 0 Å². The highest BCUT2D eigenvalue weighted by molar-refractivity contribution is 5.26. The van der Waals surface area contributed by atoms with Crippen molar-refractivity contribution in [3.05, 3.63) is 65.7 Å². The molecule has 2 nitrogen and oxygen atoms in total. The van der Waals surface area contributed by atoms with Gasteiger partial charge in [0.2, 0.25) is 0 Å². The summed E-state index contributed by atoms with van der Waals surface area (Å²) in [4.78, 5) is 0. The number of benzene rings is 2. The van der Waals surface area contributed by atoms with E-state index in [1.807, 2.05) is 24.3 Å². The Hall–Kier alpha value is -1.80. The van der Waals surface area contributed by atoms with Gasteiger partial charge in [0.1, 0.15) is 5.75 Å². The van der Waals surface area contributed by atoms with E-state index in [9.17, 15) is 0 Å². The normalized spacial score (nSPS) is 11.4. The zero-order valence-electron chi connectivity index (χ0n) is 13.1. The van der Waals surface area contributed by atoms with Gasteiger partial charge in [0, 0.05) is 0 Å². The molecule has 0 aliphatic carbocycles. The average molecular weight is 284 g/mol. The third-order valence-electron chi connectivity index (χ3n) is 3.65. The van der Waals surface area contributed by atoms with E-state index in [0.29, 0.717) is 6.61 Å². The number of hydrogen-bond donors (Lipinski definition) is 0. The van der Waals surface area contributed by atoms with Crippen molar-refractivity contribution >= 4 is 0 Å². The van der Waals surface area contributed by atoms with Gasteiger partial charge in [-0.3, -0.25) is 0 Å². The minimum absolute atomic E-state index is 0.129. The van der Waals surface area contributed by atoms with Gasteiger partial charge >= 0.3 is 0 Å². The SMILES string of the molecule is COc1ccc(COC(C)(C)CCc2ccccc2)cc1. The number of methoxy groups -OCH3 is 1. The summed E-state index contributed by atoms with van der Waals surface area (Å²) >= 11 is 0. The van der Waals surface area contributed by atoms with Crippen molar-refractivity contribution in [1.29, 1.82) is 0 Å². The smallest absolute Gasteiger partial charge is 0.118 e. The molecule has 0 saturated heterocycles. The Morgan fingerprint density at radius 1 is 0.857 bits per heavy atom. The van der Waals surface area contributed by atoms with Gasteiger partial charge in [0.05, 0.1) is 19.3 Å². The van der Waals surface area contributed by atoms with Gasteiger partial charge < -0.3 is 9.47 Å². The van der Waals surface area contributed by atoms with Gasteiger partial charge in [-0.15, -0.1) is 0 Å². The fourth-order valence-corrected chi connectivity index (χ4v) is 2.16. The highest BCUT2D eigenvalue weighted by atomic mass is 16.5. The molecule has 0 N–H and O–H groups in total. The summed E-state index contributed by atoms with van der Waals surface area (Å²) in [6, 6.07) is 18.6. The second-order valence-electron chi connectivity index (χ2n) is 5.88. The summed E-state index contributed by atoms with van der Waals surface area (Å²) in [6.07, 6.45) is 2.05. The summed E-state index contributed by atoms with van der Waals surface area (Å²) in [5.41, 5.74) is 2.40. The Morgan fingerprint density at radius 2 is 1.52 bits per heavy atom. The van der Waals surface area contributed by atoms with Crippen molar-refractivity contribution in [2.75, 3.05) is 7.11 Å². The first-order valence-electron chi connectivity index (χ1n) is 7.40. The average Bonchev–Trinajstić information content (AvgIpc) is 2.53. The number of hydrogen-bond acceptors (Lipinski definition) is 2. The third kappa shape index (κ3) is 5.24. The van der Waals surface area contributed by atoms with Crippen LogP contribution in [0.5, 0.6) is 5.75 Å². The lowest BCUT2D eigenvalue weighted by Gasteiger charge is -2.25. The van der Waals surface area contributed by atoms with Crippen LogP contribution < -0.4 is 4.74 Å². The van der Waals surface area contributed by atoms with E-state index >= 15 is 0 Å². The maximum Gasteiger partial charge on any atom is 0.118 e. The van der Waals surface area contributed by atoms with Crippen LogP contribution >= 0.6 is 0 Å². The lowest BCUT2D eigenvalue weighted by atomic mass is 9.98. The van der Waals surface area contributed by atoms with E-state index in [1.54, 1.807) is 7.11 Å². The molecule has 0 atom stereocenters. The molecule has 2 heteroatoms. The van der Waals surface area contributed by atoms with Crippen molar-refractivity contribution in [3.8, 4) is 5.75 Å². The van der Waals surface area contributed by atoms with E-state index in [1.165, 1.54) is 11.1 Å². The Bertz CT molecular complexity index is 529. The first-order valence-corrected chi connectivity index (χ1v) is 7.40. The second-order valence-corrected chi connectivity index (χ2v) is 5.88. The van der Waals surface area contributed by atoms with E-state index in [4.69, 9.17) is 9.47 Å². The van der Waals surface area contributed by atoms with Gasteiger partial charge in [-0.05, 0) is 49.9 Å². The van der Waals surface area contributed by atoms with Crippen LogP contribution in [-0.2, 0) is 17.8 Å². The summed E-state index contributed by atoms with van der Waals surface area (Å²) in [6.45, 7) is 4.94. The zero-order chi connectivity index (χ0) is 15.1. The second kappa shape index (κ2) is 7.28. The third-order valence-corrected chi connectivity index (χ3v) is 3.65. The molecular formula is C19H24O2. The van der Waals surface area contributed by atoms with Gasteiger partial charge in [-0.1, -0.05) is 42.5 Å². The first-order chi connectivity index (χ1) is 10.1. The zero-order valence-corrected chi connectivity index (χ0v) is 13.1. The minimum Gasteiger partial charge on any atom is -0.497 e. The minimum atomic E-state index is -0.129. The van der Waals surface area contributed by atoms with E-state index in [-0.39, 0.29) is 5.60 Å². The van der Waals surface area contributed by atoms with E-state index < -0.39 is 0 Å². The molecule has 0 bridgehead atoms. The maximum atomic E-state index is 6.07. The largest absolute Gasteiger partial charge is 0.497 e. The molecule has 0 aliphatic rings. The molecule has 2 aromatic rings. The van der Waals surface area contributed by atoms with Gasteiger partial charge in [0.15, 0.2) is 0 Å². The van der Waals surface area contributed by atoms with Gasteiger partial charge in [0.25, 0.3) is 0 Å². The molecule has 112 valence electrons. The molecule has 0 aliphatic heterocycles. The molecular weight excluding hydrogens is 260 g/mol. The molecule has 2 aromatic carbocycles. The highest BCUT2D eigenvalue weighted by Crippen LogP contribution is 2.21. The molecule has 0 aromatic heterocycles. The molecule has 0 heterocycles. The van der Waals surface area contributed by atoms with E-state index in [0.717, 1.165) is 18.6 Å². The van der Waals surface area contributed by atoms with Crippen LogP contribution in [0.15, 0.2) is 54.6 Å². The maximum absolute atomic E-state index is 6.07. The predicted molar refractivity (Wildman–Crippen MR) is 86.6 cm³/mol. The van der Waals surface area contributed by atoms with Crippen molar-refractivity contribution in [2.45, 2.75) is 38.9 Å². The lowest BCUT2D eigenvalue weighted by Crippen LogP contribution is -2.25. The van der Waals surface area contributed by atoms with Gasteiger partial charge in [-0.25, -0.2) is 0 Å². The fourth-order valence-electron chi connectivity index (χ4n) is 2.16. The van der Waals surface area contributed by atoms with Gasteiger partial charge in [-0.2, -0.15) is 0 Å². The Kier molecular flexibility index (Phi) is 5.40. The lowest BCUT2D eigenvalue weighted by molar-refractivity contribution is -0.0347.